The van der Waals surface area contributed by atoms with Crippen LogP contribution in [0.1, 0.15) is 70.2 Å². The van der Waals surface area contributed by atoms with E-state index in [1.54, 1.807) is 0 Å². The van der Waals surface area contributed by atoms with Crippen LogP contribution in [-0.4, -0.2) is 0 Å². The minimum Gasteiger partial charge on any atom is -0.0620 e. The fourth-order valence-electron chi connectivity index (χ4n) is 8.63. The second-order valence-electron chi connectivity index (χ2n) is 14.1. The summed E-state index contributed by atoms with van der Waals surface area (Å²) in [5, 5.41) is 0. The first-order valence-corrected chi connectivity index (χ1v) is 16.6. The van der Waals surface area contributed by atoms with Gasteiger partial charge in [-0.1, -0.05) is 135 Å². The van der Waals surface area contributed by atoms with Crippen LogP contribution < -0.4 is 0 Å². The quantitative estimate of drug-likeness (QED) is 0.195. The van der Waals surface area contributed by atoms with Gasteiger partial charge in [0.15, 0.2) is 0 Å². The molecule has 0 saturated carbocycles. The van der Waals surface area contributed by atoms with E-state index in [-0.39, 0.29) is 5.41 Å². The van der Waals surface area contributed by atoms with E-state index in [0.29, 0.717) is 11.8 Å². The van der Waals surface area contributed by atoms with Crippen LogP contribution in [0.2, 0.25) is 0 Å². The Labute approximate surface area is 267 Å². The van der Waals surface area contributed by atoms with Crippen LogP contribution in [0.15, 0.2) is 133 Å². The SMILES string of the molecule is CC1(C)c2cc(-c3cccc(C4Cc5ccccc5C4)c3)ccc2-c2ccc(-c3cccc(C4Cc5ccccc5C4)c3)cc21. The van der Waals surface area contributed by atoms with Gasteiger partial charge in [0.25, 0.3) is 0 Å². The fourth-order valence-corrected chi connectivity index (χ4v) is 8.63. The largest absolute Gasteiger partial charge is 0.0620 e. The van der Waals surface area contributed by atoms with Crippen LogP contribution in [0.4, 0.5) is 0 Å². The van der Waals surface area contributed by atoms with E-state index in [2.05, 4.69) is 147 Å². The molecule has 0 nitrogen and oxygen atoms in total. The summed E-state index contributed by atoms with van der Waals surface area (Å²) < 4.78 is 0. The first-order chi connectivity index (χ1) is 22.0. The zero-order valence-electron chi connectivity index (χ0n) is 26.2. The molecule has 0 fully saturated rings. The van der Waals surface area contributed by atoms with Crippen molar-refractivity contribution in [2.45, 2.75) is 56.8 Å². The lowest BCUT2D eigenvalue weighted by atomic mass is 9.80. The summed E-state index contributed by atoms with van der Waals surface area (Å²) in [4.78, 5) is 0. The Bertz CT molecular complexity index is 1910. The Morgan fingerprint density at radius 3 is 1.18 bits per heavy atom. The van der Waals surface area contributed by atoms with Crippen molar-refractivity contribution in [2.75, 3.05) is 0 Å². The molecule has 0 unspecified atom stereocenters. The molecule has 3 aliphatic rings. The Hall–Kier alpha value is -4.68. The van der Waals surface area contributed by atoms with Gasteiger partial charge in [0, 0.05) is 5.41 Å². The highest BCUT2D eigenvalue weighted by atomic mass is 14.4. The lowest BCUT2D eigenvalue weighted by Crippen LogP contribution is -2.15. The van der Waals surface area contributed by atoms with Crippen molar-refractivity contribution in [2.24, 2.45) is 0 Å². The smallest absolute Gasteiger partial charge is 0.0159 e. The van der Waals surface area contributed by atoms with Crippen LogP contribution in [0.3, 0.4) is 0 Å². The Kier molecular flexibility index (Phi) is 6.04. The molecule has 45 heavy (non-hydrogen) atoms. The van der Waals surface area contributed by atoms with Crippen molar-refractivity contribution < 1.29 is 0 Å². The summed E-state index contributed by atoms with van der Waals surface area (Å²) in [6.07, 6.45) is 4.58. The lowest BCUT2D eigenvalue weighted by Gasteiger charge is -2.23. The van der Waals surface area contributed by atoms with E-state index in [0.717, 1.165) is 25.7 Å². The molecule has 6 aromatic rings. The Balaban J connectivity index is 1.01. The van der Waals surface area contributed by atoms with Crippen molar-refractivity contribution in [3.63, 3.8) is 0 Å². The van der Waals surface area contributed by atoms with Gasteiger partial charge in [-0.2, -0.15) is 0 Å². The van der Waals surface area contributed by atoms with Crippen LogP contribution in [0, 0.1) is 0 Å². The number of hydrogen-bond acceptors (Lipinski definition) is 0. The average Bonchev–Trinajstić information content (AvgIpc) is 3.78. The van der Waals surface area contributed by atoms with Gasteiger partial charge >= 0.3 is 0 Å². The molecule has 0 amide bonds. The zero-order chi connectivity index (χ0) is 30.1. The van der Waals surface area contributed by atoms with Crippen molar-refractivity contribution in [1.29, 1.82) is 0 Å². The van der Waals surface area contributed by atoms with Gasteiger partial charge in [0.1, 0.15) is 0 Å². The van der Waals surface area contributed by atoms with Crippen molar-refractivity contribution >= 4 is 0 Å². The first-order valence-electron chi connectivity index (χ1n) is 16.6. The van der Waals surface area contributed by atoms with Crippen molar-refractivity contribution in [3.05, 3.63) is 178 Å². The minimum atomic E-state index is -0.0634. The van der Waals surface area contributed by atoms with Gasteiger partial charge in [0.05, 0.1) is 0 Å². The van der Waals surface area contributed by atoms with E-state index in [1.165, 1.54) is 77.9 Å². The summed E-state index contributed by atoms with van der Waals surface area (Å²) in [5.74, 6) is 1.14. The van der Waals surface area contributed by atoms with Crippen LogP contribution >= 0.6 is 0 Å². The molecule has 0 aliphatic heterocycles. The molecule has 0 bridgehead atoms. The molecule has 0 saturated heterocycles. The third-order valence-electron chi connectivity index (χ3n) is 11.2. The Morgan fingerprint density at radius 2 is 0.778 bits per heavy atom. The summed E-state index contributed by atoms with van der Waals surface area (Å²) in [6, 6.07) is 50.9. The van der Waals surface area contributed by atoms with Crippen LogP contribution in [-0.2, 0) is 31.1 Å². The highest BCUT2D eigenvalue weighted by Gasteiger charge is 2.36. The molecular weight excluding hydrogens is 540 g/mol. The molecule has 0 spiro atoms. The molecule has 0 atom stereocenters. The lowest BCUT2D eigenvalue weighted by molar-refractivity contribution is 0.661. The first kappa shape index (κ1) is 26.7. The average molecular weight is 579 g/mol. The second-order valence-corrected chi connectivity index (χ2v) is 14.1. The molecule has 6 aromatic carbocycles. The molecule has 0 aromatic heterocycles. The van der Waals surface area contributed by atoms with E-state index in [1.807, 2.05) is 0 Å². The normalized spacial score (nSPS) is 16.3. The van der Waals surface area contributed by atoms with Gasteiger partial charge in [-0.15, -0.1) is 0 Å². The molecule has 9 rings (SSSR count). The van der Waals surface area contributed by atoms with Crippen LogP contribution in [0.5, 0.6) is 0 Å². The van der Waals surface area contributed by atoms with Gasteiger partial charge in [-0.25, -0.2) is 0 Å². The molecule has 218 valence electrons. The number of benzene rings is 6. The number of rotatable bonds is 4. The summed E-state index contributed by atoms with van der Waals surface area (Å²) in [7, 11) is 0. The maximum atomic E-state index is 2.47. The van der Waals surface area contributed by atoms with Crippen LogP contribution in [0.25, 0.3) is 33.4 Å². The van der Waals surface area contributed by atoms with Gasteiger partial charge in [-0.05, 0) is 128 Å². The van der Waals surface area contributed by atoms with Crippen molar-refractivity contribution in [3.8, 4) is 33.4 Å². The van der Waals surface area contributed by atoms with E-state index < -0.39 is 0 Å². The third-order valence-corrected chi connectivity index (χ3v) is 11.2. The predicted octanol–water partition coefficient (Wildman–Crippen LogP) is 11.1. The summed E-state index contributed by atoms with van der Waals surface area (Å²) in [5.41, 5.74) is 19.8. The maximum absolute atomic E-state index is 2.47. The van der Waals surface area contributed by atoms with E-state index >= 15 is 0 Å². The predicted molar refractivity (Wildman–Crippen MR) is 188 cm³/mol. The highest BCUT2D eigenvalue weighted by Crippen LogP contribution is 2.51. The van der Waals surface area contributed by atoms with Gasteiger partial charge in [0.2, 0.25) is 0 Å². The summed E-state index contributed by atoms with van der Waals surface area (Å²) >= 11 is 0. The monoisotopic (exact) mass is 578 g/mol. The number of fused-ring (bicyclic) bond motifs is 5. The number of hydrogen-bond donors (Lipinski definition) is 0. The Morgan fingerprint density at radius 1 is 0.400 bits per heavy atom. The third kappa shape index (κ3) is 4.42. The topological polar surface area (TPSA) is 0 Å². The molecule has 0 heteroatoms. The molecule has 0 radical (unpaired) electrons. The maximum Gasteiger partial charge on any atom is 0.0159 e. The highest BCUT2D eigenvalue weighted by molar-refractivity contribution is 5.86. The van der Waals surface area contributed by atoms with E-state index in [4.69, 9.17) is 0 Å². The van der Waals surface area contributed by atoms with E-state index in [9.17, 15) is 0 Å². The standard InChI is InChI=1S/C45H38/c1-45(2)43-27-37(33-13-7-15-35(21-33)39-23-29-9-3-4-10-30(29)24-39)17-19-41(43)42-20-18-38(28-44(42)45)34-14-8-16-36(22-34)40-25-31-11-5-6-12-32(31)26-40/h3-22,27-28,39-40H,23-26H2,1-2H3. The second kappa shape index (κ2) is 10.2. The van der Waals surface area contributed by atoms with Gasteiger partial charge in [-0.3, -0.25) is 0 Å². The molecule has 3 aliphatic carbocycles. The molecular formula is C45H38. The molecule has 0 N–H and O–H groups in total. The minimum absolute atomic E-state index is 0.0634. The van der Waals surface area contributed by atoms with Gasteiger partial charge < -0.3 is 0 Å². The fraction of sp³-hybridized carbons (Fsp3) is 0.200. The van der Waals surface area contributed by atoms with Crippen molar-refractivity contribution in [1.82, 2.24) is 0 Å². The zero-order valence-corrected chi connectivity index (χ0v) is 26.2. The summed E-state index contributed by atoms with van der Waals surface area (Å²) in [6.45, 7) is 4.81. The molecule has 0 heterocycles.